The first-order chi connectivity index (χ1) is 6.58. The number of hydrogen-bond acceptors (Lipinski definition) is 5. The van der Waals surface area contributed by atoms with Gasteiger partial charge in [0.1, 0.15) is 5.01 Å². The number of amidine groups is 1. The van der Waals surface area contributed by atoms with Crippen LogP contribution in [0.25, 0.3) is 0 Å². The van der Waals surface area contributed by atoms with Crippen LogP contribution in [0.15, 0.2) is 5.38 Å². The summed E-state index contributed by atoms with van der Waals surface area (Å²) in [5.74, 6) is 0.694. The fourth-order valence-corrected chi connectivity index (χ4v) is 2.38. The van der Waals surface area contributed by atoms with Crippen molar-refractivity contribution in [2.45, 2.75) is 12.3 Å². The molecule has 1 rings (SSSR count). The van der Waals surface area contributed by atoms with Crippen LogP contribution >= 0.6 is 23.1 Å². The van der Waals surface area contributed by atoms with Crippen LogP contribution in [-0.2, 0) is 12.3 Å². The molecule has 0 spiro atoms. The average molecular weight is 230 g/mol. The highest BCUT2D eigenvalue weighted by molar-refractivity contribution is 8.13. The van der Waals surface area contributed by atoms with Gasteiger partial charge < -0.3 is 10.6 Å². The topological polar surface area (TPSA) is 66.0 Å². The summed E-state index contributed by atoms with van der Waals surface area (Å²) in [6, 6.07) is 0. The van der Waals surface area contributed by atoms with E-state index in [4.69, 9.17) is 11.1 Å². The summed E-state index contributed by atoms with van der Waals surface area (Å²) in [6.45, 7) is 0.870. The second kappa shape index (κ2) is 5.33. The summed E-state index contributed by atoms with van der Waals surface area (Å²) in [4.78, 5) is 6.51. The van der Waals surface area contributed by atoms with Crippen LogP contribution in [0.4, 0.5) is 0 Å². The van der Waals surface area contributed by atoms with Crippen LogP contribution in [0.5, 0.6) is 0 Å². The molecule has 1 heterocycles. The van der Waals surface area contributed by atoms with Gasteiger partial charge in [-0.1, -0.05) is 11.8 Å². The maximum Gasteiger partial charge on any atom is 0.151 e. The van der Waals surface area contributed by atoms with E-state index in [-0.39, 0.29) is 5.17 Å². The number of nitrogens with zero attached hydrogens (tertiary/aromatic N) is 2. The zero-order valence-corrected chi connectivity index (χ0v) is 9.91. The molecule has 3 N–H and O–H groups in total. The zero-order valence-electron chi connectivity index (χ0n) is 8.28. The molecule has 0 fully saturated rings. The molecule has 0 aliphatic heterocycles. The molecule has 0 aliphatic carbocycles. The van der Waals surface area contributed by atoms with Crippen molar-refractivity contribution in [2.75, 3.05) is 14.1 Å². The van der Waals surface area contributed by atoms with Gasteiger partial charge in [0.15, 0.2) is 5.17 Å². The standard InChI is InChI=1S/C8H14N4S2/c1-12(2)3-7-11-6(4-13-7)5-14-8(9)10/h4H,3,5H2,1-2H3,(H3,9,10). The third kappa shape index (κ3) is 4.08. The zero-order chi connectivity index (χ0) is 10.6. The van der Waals surface area contributed by atoms with E-state index in [1.807, 2.05) is 19.5 Å². The van der Waals surface area contributed by atoms with Crippen LogP contribution in [0.2, 0.25) is 0 Å². The smallest absolute Gasteiger partial charge is 0.151 e. The van der Waals surface area contributed by atoms with E-state index in [0.29, 0.717) is 5.75 Å². The molecule has 0 saturated heterocycles. The van der Waals surface area contributed by atoms with Gasteiger partial charge in [0.25, 0.3) is 0 Å². The van der Waals surface area contributed by atoms with E-state index >= 15 is 0 Å². The lowest BCUT2D eigenvalue weighted by Gasteiger charge is -2.04. The summed E-state index contributed by atoms with van der Waals surface area (Å²) >= 11 is 2.96. The first-order valence-corrected chi connectivity index (χ1v) is 5.99. The van der Waals surface area contributed by atoms with Crippen molar-refractivity contribution in [2.24, 2.45) is 5.73 Å². The molecular weight excluding hydrogens is 216 g/mol. The van der Waals surface area contributed by atoms with Gasteiger partial charge in [-0.25, -0.2) is 4.98 Å². The molecule has 78 valence electrons. The lowest BCUT2D eigenvalue weighted by Crippen LogP contribution is -2.10. The average Bonchev–Trinajstić information content (AvgIpc) is 2.47. The predicted octanol–water partition coefficient (Wildman–Crippen LogP) is 1.33. The van der Waals surface area contributed by atoms with E-state index in [9.17, 15) is 0 Å². The Morgan fingerprint density at radius 2 is 2.43 bits per heavy atom. The minimum Gasteiger partial charge on any atom is -0.379 e. The molecule has 0 aromatic carbocycles. The molecule has 4 nitrogen and oxygen atoms in total. The van der Waals surface area contributed by atoms with Crippen molar-refractivity contribution in [1.29, 1.82) is 5.41 Å². The van der Waals surface area contributed by atoms with Crippen LogP contribution in [0, 0.1) is 5.41 Å². The lowest BCUT2D eigenvalue weighted by atomic mass is 10.5. The molecule has 1 aromatic heterocycles. The molecule has 0 aliphatic rings. The van der Waals surface area contributed by atoms with Crippen LogP contribution in [0.3, 0.4) is 0 Å². The number of aromatic nitrogens is 1. The van der Waals surface area contributed by atoms with Crippen LogP contribution in [-0.4, -0.2) is 29.1 Å². The van der Waals surface area contributed by atoms with Gasteiger partial charge in [0.2, 0.25) is 0 Å². The van der Waals surface area contributed by atoms with Crippen LogP contribution in [0.1, 0.15) is 10.7 Å². The SMILES string of the molecule is CN(C)Cc1nc(CSC(=N)N)cs1. The van der Waals surface area contributed by atoms with E-state index in [0.717, 1.165) is 17.2 Å². The fourth-order valence-electron chi connectivity index (χ4n) is 0.910. The van der Waals surface area contributed by atoms with E-state index in [2.05, 4.69) is 9.88 Å². The van der Waals surface area contributed by atoms with E-state index < -0.39 is 0 Å². The largest absolute Gasteiger partial charge is 0.379 e. The van der Waals surface area contributed by atoms with Gasteiger partial charge >= 0.3 is 0 Å². The second-order valence-corrected chi connectivity index (χ2v) is 5.08. The minimum atomic E-state index is 0.146. The van der Waals surface area contributed by atoms with Gasteiger partial charge in [0, 0.05) is 17.7 Å². The quantitative estimate of drug-likeness (QED) is 0.605. The molecule has 6 heteroatoms. The Morgan fingerprint density at radius 1 is 1.71 bits per heavy atom. The third-order valence-corrected chi connectivity index (χ3v) is 3.06. The predicted molar refractivity (Wildman–Crippen MR) is 62.7 cm³/mol. The molecule has 0 bridgehead atoms. The first kappa shape index (κ1) is 11.5. The van der Waals surface area contributed by atoms with Gasteiger partial charge in [-0.3, -0.25) is 5.41 Å². The number of thioether (sulfide) groups is 1. The number of nitrogens with two attached hydrogens (primary N) is 1. The van der Waals surface area contributed by atoms with Gasteiger partial charge in [-0.05, 0) is 14.1 Å². The van der Waals surface area contributed by atoms with Gasteiger partial charge in [-0.2, -0.15) is 0 Å². The highest BCUT2D eigenvalue weighted by Crippen LogP contribution is 2.16. The van der Waals surface area contributed by atoms with E-state index in [1.165, 1.54) is 11.8 Å². The second-order valence-electron chi connectivity index (χ2n) is 3.12. The minimum absolute atomic E-state index is 0.146. The van der Waals surface area contributed by atoms with Gasteiger partial charge in [0.05, 0.1) is 5.69 Å². The summed E-state index contributed by atoms with van der Waals surface area (Å²) in [5.41, 5.74) is 6.25. The summed E-state index contributed by atoms with van der Waals surface area (Å²) < 4.78 is 0. The molecule has 0 radical (unpaired) electrons. The van der Waals surface area contributed by atoms with E-state index in [1.54, 1.807) is 11.3 Å². The van der Waals surface area contributed by atoms with Crippen molar-refractivity contribution in [1.82, 2.24) is 9.88 Å². The Bertz CT molecular complexity index is 308. The molecule has 0 unspecified atom stereocenters. The number of nitrogens with one attached hydrogen (secondary N) is 1. The monoisotopic (exact) mass is 230 g/mol. The highest BCUT2D eigenvalue weighted by atomic mass is 32.2. The fraction of sp³-hybridized carbons (Fsp3) is 0.500. The van der Waals surface area contributed by atoms with Crippen molar-refractivity contribution in [3.05, 3.63) is 16.1 Å². The van der Waals surface area contributed by atoms with Crippen LogP contribution < -0.4 is 5.73 Å². The molecular formula is C8H14N4S2. The highest BCUT2D eigenvalue weighted by Gasteiger charge is 2.03. The Morgan fingerprint density at radius 3 is 3.00 bits per heavy atom. The molecule has 0 saturated carbocycles. The lowest BCUT2D eigenvalue weighted by molar-refractivity contribution is 0.401. The van der Waals surface area contributed by atoms with Crippen molar-refractivity contribution in [3.8, 4) is 0 Å². The Hall–Kier alpha value is -0.590. The van der Waals surface area contributed by atoms with Crippen molar-refractivity contribution < 1.29 is 0 Å². The summed E-state index contributed by atoms with van der Waals surface area (Å²) in [7, 11) is 4.04. The third-order valence-electron chi connectivity index (χ3n) is 1.43. The van der Waals surface area contributed by atoms with Gasteiger partial charge in [-0.15, -0.1) is 11.3 Å². The van der Waals surface area contributed by atoms with Crippen molar-refractivity contribution >= 4 is 28.3 Å². The van der Waals surface area contributed by atoms with Crippen molar-refractivity contribution in [3.63, 3.8) is 0 Å². The number of thiazole rings is 1. The number of rotatable bonds is 4. The Balaban J connectivity index is 2.46. The molecule has 0 amide bonds. The normalized spacial score (nSPS) is 10.8. The Labute approximate surface area is 92.0 Å². The Kier molecular flexibility index (Phi) is 4.37. The molecule has 14 heavy (non-hydrogen) atoms. The summed E-state index contributed by atoms with van der Waals surface area (Å²) in [6.07, 6.45) is 0. The first-order valence-electron chi connectivity index (χ1n) is 4.12. The molecule has 0 atom stereocenters. The summed E-state index contributed by atoms with van der Waals surface area (Å²) in [5, 5.41) is 10.3. The number of hydrogen-bond donors (Lipinski definition) is 2. The maximum atomic E-state index is 7.07. The maximum absolute atomic E-state index is 7.07. The molecule has 1 aromatic rings.